The largest absolute Gasteiger partial charge is 0.339 e. The van der Waals surface area contributed by atoms with Crippen molar-refractivity contribution in [2.24, 2.45) is 11.8 Å². The van der Waals surface area contributed by atoms with E-state index in [2.05, 4.69) is 32.6 Å². The minimum Gasteiger partial charge on any atom is -0.339 e. The maximum atomic E-state index is 13.8. The van der Waals surface area contributed by atoms with Crippen LogP contribution in [0, 0.1) is 11.8 Å². The van der Waals surface area contributed by atoms with Gasteiger partial charge in [-0.2, -0.15) is 5.10 Å². The van der Waals surface area contributed by atoms with Crippen LogP contribution >= 0.6 is 0 Å². The first-order valence-corrected chi connectivity index (χ1v) is 15.4. The molecule has 1 amide bonds. The first-order chi connectivity index (χ1) is 19.2. The van der Waals surface area contributed by atoms with Gasteiger partial charge in [-0.05, 0) is 89.1 Å². The van der Waals surface area contributed by atoms with Crippen LogP contribution in [0.3, 0.4) is 0 Å². The minimum atomic E-state index is 0.0359. The molecule has 2 aromatic heterocycles. The SMILES string of the molecule is CC(=O)c1ccccc1-c1nn2ccc(C(=O)N(CCC(C)C)CCC(C)C)cc2c1CCCN1CCCCC1. The van der Waals surface area contributed by atoms with Gasteiger partial charge >= 0.3 is 0 Å². The zero-order valence-corrected chi connectivity index (χ0v) is 25.3. The molecule has 1 aliphatic rings. The number of carbonyl (C=O) groups is 2. The highest BCUT2D eigenvalue weighted by molar-refractivity contribution is 6.01. The van der Waals surface area contributed by atoms with Crippen LogP contribution in [-0.4, -0.2) is 63.8 Å². The van der Waals surface area contributed by atoms with Gasteiger partial charge in [0.25, 0.3) is 5.91 Å². The highest BCUT2D eigenvalue weighted by atomic mass is 16.2. The Hall–Kier alpha value is -2.99. The summed E-state index contributed by atoms with van der Waals surface area (Å²) >= 11 is 0. The Kier molecular flexibility index (Phi) is 10.5. The molecule has 40 heavy (non-hydrogen) atoms. The fourth-order valence-corrected chi connectivity index (χ4v) is 5.68. The lowest BCUT2D eigenvalue weighted by Crippen LogP contribution is -2.34. The van der Waals surface area contributed by atoms with Crippen molar-refractivity contribution in [2.75, 3.05) is 32.7 Å². The van der Waals surface area contributed by atoms with Crippen LogP contribution in [0.15, 0.2) is 42.6 Å². The van der Waals surface area contributed by atoms with Crippen LogP contribution in [0.4, 0.5) is 0 Å². The van der Waals surface area contributed by atoms with Crippen molar-refractivity contribution in [3.8, 4) is 11.3 Å². The lowest BCUT2D eigenvalue weighted by atomic mass is 9.96. The molecule has 216 valence electrons. The maximum absolute atomic E-state index is 13.8. The Balaban J connectivity index is 1.70. The summed E-state index contributed by atoms with van der Waals surface area (Å²) in [7, 11) is 0. The number of carbonyl (C=O) groups excluding carboxylic acids is 2. The number of ketones is 1. The van der Waals surface area contributed by atoms with E-state index in [0.29, 0.717) is 23.0 Å². The Bertz CT molecular complexity index is 1270. The van der Waals surface area contributed by atoms with Gasteiger partial charge in [-0.1, -0.05) is 58.4 Å². The normalized spacial score (nSPS) is 14.4. The number of hydrogen-bond donors (Lipinski definition) is 0. The number of fused-ring (bicyclic) bond motifs is 1. The summed E-state index contributed by atoms with van der Waals surface area (Å²) in [6, 6.07) is 11.7. The third-order valence-electron chi connectivity index (χ3n) is 8.14. The van der Waals surface area contributed by atoms with Crippen molar-refractivity contribution in [2.45, 2.75) is 79.6 Å². The molecule has 1 fully saturated rings. The molecule has 6 heteroatoms. The monoisotopic (exact) mass is 544 g/mol. The van der Waals surface area contributed by atoms with Crippen molar-refractivity contribution in [3.63, 3.8) is 0 Å². The minimum absolute atomic E-state index is 0.0359. The summed E-state index contributed by atoms with van der Waals surface area (Å²) in [5.41, 5.74) is 5.21. The van der Waals surface area contributed by atoms with Gasteiger partial charge in [0.05, 0.1) is 11.2 Å². The number of piperidine rings is 1. The third kappa shape index (κ3) is 7.60. The molecule has 4 rings (SSSR count). The Labute approximate surface area is 240 Å². The number of amides is 1. The van der Waals surface area contributed by atoms with E-state index in [0.717, 1.165) is 67.7 Å². The molecule has 3 aromatic rings. The van der Waals surface area contributed by atoms with Gasteiger partial charge in [0.15, 0.2) is 5.78 Å². The summed E-state index contributed by atoms with van der Waals surface area (Å²) in [5.74, 6) is 1.22. The van der Waals surface area contributed by atoms with Crippen LogP contribution < -0.4 is 0 Å². The number of nitrogens with zero attached hydrogens (tertiary/aromatic N) is 4. The van der Waals surface area contributed by atoms with Gasteiger partial charge in [0, 0.05) is 41.5 Å². The number of benzene rings is 1. The van der Waals surface area contributed by atoms with Crippen molar-refractivity contribution < 1.29 is 9.59 Å². The summed E-state index contributed by atoms with van der Waals surface area (Å²) < 4.78 is 1.89. The maximum Gasteiger partial charge on any atom is 0.253 e. The number of aryl methyl sites for hydroxylation is 1. The molecule has 6 nitrogen and oxygen atoms in total. The third-order valence-corrected chi connectivity index (χ3v) is 8.14. The molecule has 0 atom stereocenters. The average Bonchev–Trinajstić information content (AvgIpc) is 3.30. The number of pyridine rings is 1. The standard InChI is InChI=1S/C34H48N4O2/c1-25(2)15-21-37(22-16-26(3)4)34(40)28-17-23-38-32(24-28)31(14-11-20-36-18-9-6-10-19-36)33(35-38)30-13-8-7-12-29(30)27(5)39/h7-8,12-13,17,23-26H,6,9-11,14-16,18-22H2,1-5H3. The lowest BCUT2D eigenvalue weighted by molar-refractivity contribution is 0.0740. The second kappa shape index (κ2) is 14.1. The van der Waals surface area contributed by atoms with E-state index < -0.39 is 0 Å². The molecule has 0 saturated carbocycles. The van der Waals surface area contributed by atoms with Gasteiger partial charge in [0.1, 0.15) is 0 Å². The van der Waals surface area contributed by atoms with E-state index in [1.54, 1.807) is 6.92 Å². The van der Waals surface area contributed by atoms with Gasteiger partial charge in [-0.15, -0.1) is 0 Å². The highest BCUT2D eigenvalue weighted by Crippen LogP contribution is 2.31. The van der Waals surface area contributed by atoms with Crippen LogP contribution in [0.5, 0.6) is 0 Å². The van der Waals surface area contributed by atoms with E-state index in [4.69, 9.17) is 5.10 Å². The average molecular weight is 545 g/mol. The number of Topliss-reactive ketones (excluding diaryl/α,β-unsaturated/α-hetero) is 1. The van der Waals surface area contributed by atoms with Gasteiger partial charge in [-0.25, -0.2) is 4.52 Å². The summed E-state index contributed by atoms with van der Waals surface area (Å²) in [4.78, 5) is 30.9. The summed E-state index contributed by atoms with van der Waals surface area (Å²) in [5, 5.41) is 4.98. The first kappa shape index (κ1) is 30.0. The molecule has 1 aliphatic heterocycles. The number of aromatic nitrogens is 2. The zero-order chi connectivity index (χ0) is 28.6. The van der Waals surface area contributed by atoms with E-state index in [1.165, 1.54) is 32.4 Å². The second-order valence-electron chi connectivity index (χ2n) is 12.3. The molecular formula is C34H48N4O2. The fourth-order valence-electron chi connectivity index (χ4n) is 5.68. The van der Waals surface area contributed by atoms with Crippen LogP contribution in [0.25, 0.3) is 16.8 Å². The second-order valence-corrected chi connectivity index (χ2v) is 12.3. The number of hydrogen-bond acceptors (Lipinski definition) is 4. The van der Waals surface area contributed by atoms with Gasteiger partial charge in [0.2, 0.25) is 0 Å². The van der Waals surface area contributed by atoms with Gasteiger partial charge in [-0.3, -0.25) is 9.59 Å². The number of likely N-dealkylation sites (tertiary alicyclic amines) is 1. The molecular weight excluding hydrogens is 496 g/mol. The zero-order valence-electron chi connectivity index (χ0n) is 25.3. The van der Waals surface area contributed by atoms with E-state index in [1.807, 2.05) is 52.0 Å². The molecule has 0 aliphatic carbocycles. The Morgan fingerprint density at radius 2 is 1.62 bits per heavy atom. The van der Waals surface area contributed by atoms with E-state index in [-0.39, 0.29) is 11.7 Å². The molecule has 3 heterocycles. The van der Waals surface area contributed by atoms with Gasteiger partial charge < -0.3 is 9.80 Å². The van der Waals surface area contributed by atoms with Crippen molar-refractivity contribution in [1.82, 2.24) is 19.4 Å². The number of rotatable bonds is 13. The van der Waals surface area contributed by atoms with E-state index >= 15 is 0 Å². The smallest absolute Gasteiger partial charge is 0.253 e. The lowest BCUT2D eigenvalue weighted by Gasteiger charge is -2.26. The van der Waals surface area contributed by atoms with Crippen LogP contribution in [0.1, 0.15) is 99.4 Å². The van der Waals surface area contributed by atoms with Crippen molar-refractivity contribution >= 4 is 17.2 Å². The van der Waals surface area contributed by atoms with Crippen LogP contribution in [0.2, 0.25) is 0 Å². The predicted molar refractivity (Wildman–Crippen MR) is 164 cm³/mol. The van der Waals surface area contributed by atoms with Crippen LogP contribution in [-0.2, 0) is 6.42 Å². The summed E-state index contributed by atoms with van der Waals surface area (Å²) in [6.45, 7) is 15.4. The fraction of sp³-hybridized carbons (Fsp3) is 0.559. The molecule has 0 unspecified atom stereocenters. The van der Waals surface area contributed by atoms with E-state index in [9.17, 15) is 9.59 Å². The van der Waals surface area contributed by atoms with Crippen molar-refractivity contribution in [1.29, 1.82) is 0 Å². The summed E-state index contributed by atoms with van der Waals surface area (Å²) in [6.07, 6.45) is 9.66. The Morgan fingerprint density at radius 3 is 2.27 bits per heavy atom. The molecule has 1 saturated heterocycles. The van der Waals surface area contributed by atoms with Crippen molar-refractivity contribution in [3.05, 3.63) is 59.3 Å². The Morgan fingerprint density at radius 1 is 0.950 bits per heavy atom. The topological polar surface area (TPSA) is 57.9 Å². The molecule has 0 radical (unpaired) electrons. The quantitative estimate of drug-likeness (QED) is 0.214. The molecule has 1 aromatic carbocycles. The predicted octanol–water partition coefficient (Wildman–Crippen LogP) is 7.16. The molecule has 0 N–H and O–H groups in total. The molecule has 0 bridgehead atoms. The molecule has 0 spiro atoms. The first-order valence-electron chi connectivity index (χ1n) is 15.4. The highest BCUT2D eigenvalue weighted by Gasteiger charge is 2.22.